The summed E-state index contributed by atoms with van der Waals surface area (Å²) in [5.74, 6) is -0.163. The smallest absolute Gasteiger partial charge is 0.333 e. The summed E-state index contributed by atoms with van der Waals surface area (Å²) in [5.41, 5.74) is 0.715. The van der Waals surface area contributed by atoms with Crippen LogP contribution in [0.15, 0.2) is 11.6 Å². The van der Waals surface area contributed by atoms with E-state index in [0.717, 1.165) is 36.1 Å². The number of hydrogen-bond donors (Lipinski definition) is 0. The van der Waals surface area contributed by atoms with E-state index in [2.05, 4.69) is 6.92 Å². The minimum absolute atomic E-state index is 0.156. The van der Waals surface area contributed by atoms with Gasteiger partial charge in [-0.3, -0.25) is 0 Å². The summed E-state index contributed by atoms with van der Waals surface area (Å²) in [6.07, 6.45) is 24.2. The van der Waals surface area contributed by atoms with E-state index >= 15 is 0 Å². The van der Waals surface area contributed by atoms with Gasteiger partial charge in [-0.25, -0.2) is 4.79 Å². The number of hydrogen-bond acceptors (Lipinski definition) is 3. The van der Waals surface area contributed by atoms with E-state index in [1.54, 1.807) is 0 Å². The number of rotatable bonds is 17. The Morgan fingerprint density at radius 1 is 0.897 bits per heavy atom. The van der Waals surface area contributed by atoms with Gasteiger partial charge in [-0.05, 0) is 38.7 Å². The molecule has 0 aromatic rings. The van der Waals surface area contributed by atoms with Crippen molar-refractivity contribution in [1.29, 1.82) is 0 Å². The second kappa shape index (κ2) is 17.1. The predicted molar refractivity (Wildman–Crippen MR) is 128 cm³/mol. The molecule has 1 rings (SSSR count). The Hall–Kier alpha value is -0.613. The summed E-state index contributed by atoms with van der Waals surface area (Å²) in [4.78, 5) is 12.2. The quantitative estimate of drug-likeness (QED) is 0.120. The minimum Gasteiger partial charge on any atom is -0.462 e. The lowest BCUT2D eigenvalue weighted by atomic mass is 10.0. The molecule has 1 saturated heterocycles. The van der Waals surface area contributed by atoms with Crippen molar-refractivity contribution in [1.82, 2.24) is 0 Å². The largest absolute Gasteiger partial charge is 0.462 e. The van der Waals surface area contributed by atoms with Crippen molar-refractivity contribution in [2.24, 2.45) is 0 Å². The molecule has 1 atom stereocenters. The molecule has 0 aromatic carbocycles. The van der Waals surface area contributed by atoms with Gasteiger partial charge in [-0.15, -0.1) is 0 Å². The molecular weight excluding hydrogens is 376 g/mol. The van der Waals surface area contributed by atoms with Crippen molar-refractivity contribution in [2.45, 2.75) is 128 Å². The molecule has 1 unspecified atom stereocenters. The van der Waals surface area contributed by atoms with Crippen molar-refractivity contribution in [3.63, 3.8) is 0 Å². The van der Waals surface area contributed by atoms with Gasteiger partial charge in [-0.1, -0.05) is 90.4 Å². The molecule has 1 aliphatic heterocycles. The summed E-state index contributed by atoms with van der Waals surface area (Å²) in [5, 5.41) is -0.156. The van der Waals surface area contributed by atoms with Crippen molar-refractivity contribution in [3.8, 4) is 0 Å². The Balaban J connectivity index is 1.90. The van der Waals surface area contributed by atoms with Crippen LogP contribution >= 0.6 is 0 Å². The first-order chi connectivity index (χ1) is 14.1. The zero-order chi connectivity index (χ0) is 21.2. The van der Waals surface area contributed by atoms with Gasteiger partial charge in [-0.2, -0.15) is 0 Å². The third kappa shape index (κ3) is 14.1. The average molecular weight is 425 g/mol. The Kier molecular flexibility index (Phi) is 15.6. The van der Waals surface area contributed by atoms with Crippen LogP contribution in [-0.2, 0) is 14.3 Å². The van der Waals surface area contributed by atoms with Gasteiger partial charge in [0.05, 0.1) is 11.8 Å². The molecule has 29 heavy (non-hydrogen) atoms. The maximum absolute atomic E-state index is 12.2. The van der Waals surface area contributed by atoms with Crippen LogP contribution in [0.25, 0.3) is 0 Å². The number of carbonyl (C=O) groups excluding carboxylic acids is 1. The van der Waals surface area contributed by atoms with E-state index in [-0.39, 0.29) is 11.2 Å². The number of ether oxygens (including phenoxy) is 2. The molecular formula is C25H48O3Si. The fraction of sp³-hybridized carbons (Fsp3) is 0.880. The number of carbonyl (C=O) groups is 1. The first-order valence-electron chi connectivity index (χ1n) is 12.6. The van der Waals surface area contributed by atoms with E-state index in [1.807, 2.05) is 13.0 Å². The van der Waals surface area contributed by atoms with E-state index in [4.69, 9.17) is 9.47 Å². The van der Waals surface area contributed by atoms with E-state index < -0.39 is 0 Å². The first kappa shape index (κ1) is 26.4. The average Bonchev–Trinajstić information content (AvgIpc) is 2.71. The monoisotopic (exact) mass is 424 g/mol. The van der Waals surface area contributed by atoms with Gasteiger partial charge >= 0.3 is 5.97 Å². The molecule has 0 spiro atoms. The summed E-state index contributed by atoms with van der Waals surface area (Å²) in [6.45, 7) is 5.52. The lowest BCUT2D eigenvalue weighted by Crippen LogP contribution is -2.35. The molecule has 170 valence electrons. The highest BCUT2D eigenvalue weighted by molar-refractivity contribution is 6.16. The molecule has 0 bridgehead atoms. The van der Waals surface area contributed by atoms with Crippen molar-refractivity contribution >= 4 is 16.2 Å². The molecule has 1 heterocycles. The van der Waals surface area contributed by atoms with Gasteiger partial charge < -0.3 is 9.47 Å². The van der Waals surface area contributed by atoms with Crippen LogP contribution in [0.4, 0.5) is 0 Å². The van der Waals surface area contributed by atoms with Crippen LogP contribution in [0.1, 0.15) is 123 Å². The highest BCUT2D eigenvalue weighted by atomic mass is 28.1. The summed E-state index contributed by atoms with van der Waals surface area (Å²) in [7, 11) is 0.924. The fourth-order valence-corrected chi connectivity index (χ4v) is 5.15. The Morgan fingerprint density at radius 3 is 1.90 bits per heavy atom. The van der Waals surface area contributed by atoms with E-state index in [1.165, 1.54) is 89.9 Å². The van der Waals surface area contributed by atoms with Gasteiger partial charge in [0.25, 0.3) is 0 Å². The molecule has 0 N–H and O–H groups in total. The summed E-state index contributed by atoms with van der Waals surface area (Å²) >= 11 is 0. The fourth-order valence-electron chi connectivity index (χ4n) is 4.16. The highest BCUT2D eigenvalue weighted by Gasteiger charge is 2.26. The van der Waals surface area contributed by atoms with E-state index in [9.17, 15) is 4.79 Å². The molecule has 1 fully saturated rings. The van der Waals surface area contributed by atoms with Gasteiger partial charge in [0.1, 0.15) is 0 Å². The first-order valence-corrected chi connectivity index (χ1v) is 13.6. The van der Waals surface area contributed by atoms with Crippen LogP contribution in [0.2, 0.25) is 0 Å². The highest BCUT2D eigenvalue weighted by Crippen LogP contribution is 2.24. The lowest BCUT2D eigenvalue weighted by molar-refractivity contribution is -0.139. The molecule has 0 amide bonds. The zero-order valence-electron chi connectivity index (χ0n) is 19.7. The normalized spacial score (nSPS) is 20.1. The molecule has 0 aromatic heterocycles. The molecule has 0 radical (unpaired) electrons. The lowest BCUT2D eigenvalue weighted by Gasteiger charge is -2.31. The third-order valence-electron chi connectivity index (χ3n) is 6.07. The summed E-state index contributed by atoms with van der Waals surface area (Å²) < 4.78 is 11.3. The van der Waals surface area contributed by atoms with Gasteiger partial charge in [0.2, 0.25) is 0 Å². The number of esters is 1. The second-order valence-electron chi connectivity index (χ2n) is 9.18. The Labute approximate surface area is 183 Å². The summed E-state index contributed by atoms with van der Waals surface area (Å²) in [6, 6.07) is 0. The maximum Gasteiger partial charge on any atom is 0.333 e. The van der Waals surface area contributed by atoms with Gasteiger partial charge in [0, 0.05) is 22.4 Å². The molecule has 4 heteroatoms. The molecule has 0 saturated carbocycles. The van der Waals surface area contributed by atoms with Crippen molar-refractivity contribution in [2.75, 3.05) is 13.2 Å². The van der Waals surface area contributed by atoms with Gasteiger partial charge in [0.15, 0.2) is 0 Å². The Morgan fingerprint density at radius 2 is 1.41 bits per heavy atom. The molecule has 3 nitrogen and oxygen atoms in total. The number of unbranched alkanes of at least 4 members (excludes halogenated alkanes) is 13. The molecule has 0 aliphatic carbocycles. The SMILES string of the molecule is CCCCCCCCCCCCCCCCOC(=O)C(C)=CC1([SiH3])CCCCO1. The van der Waals surface area contributed by atoms with Crippen LogP contribution in [0, 0.1) is 0 Å². The van der Waals surface area contributed by atoms with Crippen LogP contribution in [-0.4, -0.2) is 34.6 Å². The maximum atomic E-state index is 12.2. The van der Waals surface area contributed by atoms with Crippen LogP contribution < -0.4 is 0 Å². The third-order valence-corrected chi connectivity index (χ3v) is 7.15. The van der Waals surface area contributed by atoms with Crippen molar-refractivity contribution in [3.05, 3.63) is 11.6 Å². The molecule has 1 aliphatic rings. The van der Waals surface area contributed by atoms with Crippen LogP contribution in [0.5, 0.6) is 0 Å². The zero-order valence-corrected chi connectivity index (χ0v) is 21.7. The second-order valence-corrected chi connectivity index (χ2v) is 10.9. The van der Waals surface area contributed by atoms with E-state index in [0.29, 0.717) is 12.2 Å². The van der Waals surface area contributed by atoms with Crippen molar-refractivity contribution < 1.29 is 14.3 Å². The minimum atomic E-state index is -0.163. The predicted octanol–water partition coefficient (Wildman–Crippen LogP) is 6.22. The standard InChI is InChI=1S/C25H48O3Si/c1-3-4-5-6-7-8-9-10-11-12-13-14-15-17-20-27-24(26)23(2)22-25(29)19-16-18-21-28-25/h22H,3-21H2,1-2,29H3. The van der Waals surface area contributed by atoms with Crippen LogP contribution in [0.3, 0.4) is 0 Å². The Bertz CT molecular complexity index is 441. The topological polar surface area (TPSA) is 35.5 Å².